The molecule has 0 saturated carbocycles. The predicted molar refractivity (Wildman–Crippen MR) is 72.3 cm³/mol. The van der Waals surface area contributed by atoms with Crippen LogP contribution in [0.5, 0.6) is 0 Å². The highest BCUT2D eigenvalue weighted by Gasteiger charge is 2.28. The number of amides is 1. The average Bonchev–Trinajstić information content (AvgIpc) is 3.00. The Labute approximate surface area is 111 Å². The van der Waals surface area contributed by atoms with Gasteiger partial charge in [-0.05, 0) is 18.1 Å². The molecule has 0 radical (unpaired) electrons. The highest BCUT2D eigenvalue weighted by Crippen LogP contribution is 2.21. The van der Waals surface area contributed by atoms with E-state index >= 15 is 0 Å². The fourth-order valence-electron chi connectivity index (χ4n) is 2.67. The molecule has 1 aromatic carbocycles. The van der Waals surface area contributed by atoms with E-state index in [0.717, 1.165) is 11.9 Å². The second-order valence-electron chi connectivity index (χ2n) is 4.98. The summed E-state index contributed by atoms with van der Waals surface area (Å²) in [5.74, 6) is -0.0261. The van der Waals surface area contributed by atoms with Crippen molar-refractivity contribution >= 4 is 16.8 Å². The molecule has 2 aromatic rings. The summed E-state index contributed by atoms with van der Waals surface area (Å²) in [6.45, 7) is 1.27. The smallest absolute Gasteiger partial charge is 0.224 e. The Morgan fingerprint density at radius 2 is 2.26 bits per heavy atom. The van der Waals surface area contributed by atoms with Crippen LogP contribution >= 0.6 is 0 Å². The molecule has 1 N–H and O–H groups in total. The van der Waals surface area contributed by atoms with Crippen LogP contribution in [0.4, 0.5) is 0 Å². The minimum absolute atomic E-state index is 0.103. The second kappa shape index (κ2) is 4.77. The minimum atomic E-state index is -0.129. The quantitative estimate of drug-likeness (QED) is 0.910. The first kappa shape index (κ1) is 11.8. The van der Waals surface area contributed by atoms with Crippen molar-refractivity contribution in [2.45, 2.75) is 12.8 Å². The lowest BCUT2D eigenvalue weighted by Crippen LogP contribution is -2.27. The van der Waals surface area contributed by atoms with Crippen molar-refractivity contribution in [1.29, 1.82) is 5.26 Å². The van der Waals surface area contributed by atoms with E-state index in [1.807, 2.05) is 24.4 Å². The van der Waals surface area contributed by atoms with E-state index in [1.165, 1.54) is 10.9 Å². The van der Waals surface area contributed by atoms with Crippen LogP contribution in [0.3, 0.4) is 0 Å². The van der Waals surface area contributed by atoms with Gasteiger partial charge in [-0.3, -0.25) is 4.79 Å². The molecule has 1 amide bonds. The maximum atomic E-state index is 11.7. The first-order chi connectivity index (χ1) is 9.28. The molecule has 1 fully saturated rings. The fraction of sp³-hybridized carbons (Fsp3) is 0.333. The van der Waals surface area contributed by atoms with E-state index in [2.05, 4.69) is 17.1 Å². The van der Waals surface area contributed by atoms with Crippen molar-refractivity contribution in [3.05, 3.63) is 36.0 Å². The first-order valence-corrected chi connectivity index (χ1v) is 6.50. The van der Waals surface area contributed by atoms with E-state index in [0.29, 0.717) is 19.5 Å². The number of aromatic nitrogens is 1. The maximum absolute atomic E-state index is 11.7. The molecule has 1 aliphatic heterocycles. The van der Waals surface area contributed by atoms with Gasteiger partial charge in [0, 0.05) is 36.6 Å². The van der Waals surface area contributed by atoms with Crippen LogP contribution in [0.15, 0.2) is 30.5 Å². The molecule has 2 heterocycles. The number of rotatable bonds is 3. The molecule has 0 aliphatic carbocycles. The molecule has 4 heteroatoms. The van der Waals surface area contributed by atoms with Crippen molar-refractivity contribution in [3.63, 3.8) is 0 Å². The first-order valence-electron chi connectivity index (χ1n) is 6.50. The molecule has 1 aliphatic rings. The Morgan fingerprint density at radius 1 is 1.42 bits per heavy atom. The number of hydrogen-bond donors (Lipinski definition) is 1. The number of nitrogens with one attached hydrogen (secondary N) is 1. The third kappa shape index (κ3) is 2.19. The molecule has 1 saturated heterocycles. The summed E-state index contributed by atoms with van der Waals surface area (Å²) in [5.41, 5.74) is 2.35. The van der Waals surface area contributed by atoms with Crippen LogP contribution in [0, 0.1) is 17.2 Å². The van der Waals surface area contributed by atoms with E-state index in [-0.39, 0.29) is 11.8 Å². The van der Waals surface area contributed by atoms with Crippen molar-refractivity contribution in [1.82, 2.24) is 9.88 Å². The third-order valence-corrected chi connectivity index (χ3v) is 3.72. The zero-order chi connectivity index (χ0) is 13.2. The molecule has 1 aromatic heterocycles. The Hall–Kier alpha value is -2.28. The van der Waals surface area contributed by atoms with E-state index < -0.39 is 0 Å². The standard InChI is InChI=1S/C15H15N3O/c16-8-11-7-15(19)18(10-11)6-5-12-9-17-14-4-2-1-3-13(12)14/h1-4,9,11,17H,5-7,10H2. The molecule has 3 rings (SSSR count). The number of aromatic amines is 1. The van der Waals surface area contributed by atoms with Crippen LogP contribution in [0.2, 0.25) is 0 Å². The van der Waals surface area contributed by atoms with Crippen LogP contribution in [-0.4, -0.2) is 28.9 Å². The van der Waals surface area contributed by atoms with Crippen molar-refractivity contribution in [2.24, 2.45) is 5.92 Å². The van der Waals surface area contributed by atoms with Crippen molar-refractivity contribution in [3.8, 4) is 6.07 Å². The number of nitrogens with zero attached hydrogens (tertiary/aromatic N) is 2. The fourth-order valence-corrected chi connectivity index (χ4v) is 2.67. The van der Waals surface area contributed by atoms with Gasteiger partial charge >= 0.3 is 0 Å². The van der Waals surface area contributed by atoms with Gasteiger partial charge in [-0.1, -0.05) is 18.2 Å². The minimum Gasteiger partial charge on any atom is -0.361 e. The van der Waals surface area contributed by atoms with Crippen molar-refractivity contribution in [2.75, 3.05) is 13.1 Å². The van der Waals surface area contributed by atoms with Gasteiger partial charge < -0.3 is 9.88 Å². The number of fused-ring (bicyclic) bond motifs is 1. The lowest BCUT2D eigenvalue weighted by molar-refractivity contribution is -0.127. The number of hydrogen-bond acceptors (Lipinski definition) is 2. The highest BCUT2D eigenvalue weighted by molar-refractivity contribution is 5.83. The highest BCUT2D eigenvalue weighted by atomic mass is 16.2. The summed E-state index contributed by atoms with van der Waals surface area (Å²) < 4.78 is 0. The van der Waals surface area contributed by atoms with Crippen LogP contribution in [0.1, 0.15) is 12.0 Å². The Morgan fingerprint density at radius 3 is 3.05 bits per heavy atom. The van der Waals surface area contributed by atoms with Gasteiger partial charge in [0.1, 0.15) is 0 Å². The lowest BCUT2D eigenvalue weighted by atomic mass is 10.1. The number of carbonyl (C=O) groups is 1. The number of likely N-dealkylation sites (tertiary alicyclic amines) is 1. The van der Waals surface area contributed by atoms with Crippen LogP contribution in [-0.2, 0) is 11.2 Å². The average molecular weight is 253 g/mol. The van der Waals surface area contributed by atoms with Gasteiger partial charge in [0.15, 0.2) is 0 Å². The van der Waals surface area contributed by atoms with E-state index in [1.54, 1.807) is 4.90 Å². The molecule has 19 heavy (non-hydrogen) atoms. The Kier molecular flexibility index (Phi) is 2.96. The summed E-state index contributed by atoms with van der Waals surface area (Å²) in [7, 11) is 0. The summed E-state index contributed by atoms with van der Waals surface area (Å²) in [6.07, 6.45) is 3.21. The zero-order valence-corrected chi connectivity index (χ0v) is 10.6. The lowest BCUT2D eigenvalue weighted by Gasteiger charge is -2.14. The van der Waals surface area contributed by atoms with Crippen LogP contribution in [0.25, 0.3) is 10.9 Å². The summed E-state index contributed by atoms with van der Waals surface area (Å²) in [4.78, 5) is 16.8. The summed E-state index contributed by atoms with van der Waals surface area (Å²) in [5, 5.41) is 10.1. The molecular formula is C15H15N3O. The van der Waals surface area contributed by atoms with Gasteiger partial charge in [0.25, 0.3) is 0 Å². The number of carbonyl (C=O) groups excluding carboxylic acids is 1. The molecule has 96 valence electrons. The molecule has 0 spiro atoms. The predicted octanol–water partition coefficient (Wildman–Crippen LogP) is 2.08. The number of para-hydroxylation sites is 1. The maximum Gasteiger partial charge on any atom is 0.224 e. The Bertz CT molecular complexity index is 653. The topological polar surface area (TPSA) is 59.9 Å². The zero-order valence-electron chi connectivity index (χ0n) is 10.6. The van der Waals surface area contributed by atoms with Crippen molar-refractivity contribution < 1.29 is 4.79 Å². The second-order valence-corrected chi connectivity index (χ2v) is 4.98. The van der Waals surface area contributed by atoms with E-state index in [4.69, 9.17) is 5.26 Å². The summed E-state index contributed by atoms with van der Waals surface area (Å²) >= 11 is 0. The molecule has 1 atom stereocenters. The van der Waals surface area contributed by atoms with E-state index in [9.17, 15) is 4.79 Å². The van der Waals surface area contributed by atoms with Crippen LogP contribution < -0.4 is 0 Å². The largest absolute Gasteiger partial charge is 0.361 e. The van der Waals surface area contributed by atoms with Gasteiger partial charge in [0.05, 0.1) is 12.0 Å². The van der Waals surface area contributed by atoms with Gasteiger partial charge in [0.2, 0.25) is 5.91 Å². The third-order valence-electron chi connectivity index (χ3n) is 3.72. The monoisotopic (exact) mass is 253 g/mol. The molecule has 4 nitrogen and oxygen atoms in total. The molecule has 1 unspecified atom stereocenters. The molecular weight excluding hydrogens is 238 g/mol. The SMILES string of the molecule is N#CC1CC(=O)N(CCc2c[nH]c3ccccc23)C1. The van der Waals surface area contributed by atoms with Gasteiger partial charge in [-0.25, -0.2) is 0 Å². The van der Waals surface area contributed by atoms with Gasteiger partial charge in [-0.15, -0.1) is 0 Å². The Balaban J connectivity index is 1.70. The number of nitriles is 1. The van der Waals surface area contributed by atoms with Gasteiger partial charge in [-0.2, -0.15) is 5.26 Å². The number of benzene rings is 1. The molecule has 0 bridgehead atoms. The number of H-pyrrole nitrogens is 1. The normalized spacial score (nSPS) is 19.0. The summed E-state index contributed by atoms with van der Waals surface area (Å²) in [6, 6.07) is 10.3.